The van der Waals surface area contributed by atoms with Crippen LogP contribution in [0.3, 0.4) is 0 Å². The molecule has 2 amide bonds. The number of para-hydroxylation sites is 1. The van der Waals surface area contributed by atoms with Crippen LogP contribution in [0, 0.1) is 5.82 Å². The number of thiocarbonyl (C=S) groups is 1. The fourth-order valence-corrected chi connectivity index (χ4v) is 1.87. The fraction of sp³-hybridized carbons (Fsp3) is 0.0667. The molecule has 0 aromatic heterocycles. The second kappa shape index (κ2) is 6.32. The molecule has 0 fully saturated rings. The van der Waals surface area contributed by atoms with E-state index in [2.05, 4.69) is 5.32 Å². The number of nitrogens with zero attached hydrogens (tertiary/aromatic N) is 1. The largest absolute Gasteiger partial charge is 0.389 e. The molecule has 2 aromatic rings. The molecule has 0 unspecified atom stereocenters. The number of anilines is 2. The summed E-state index contributed by atoms with van der Waals surface area (Å²) in [5.74, 6) is -0.490. The van der Waals surface area contributed by atoms with Gasteiger partial charge in [-0.25, -0.2) is 9.18 Å². The number of carbonyl (C=O) groups excluding carboxylic acids is 1. The number of halogens is 1. The number of nitrogens with one attached hydrogen (secondary N) is 1. The zero-order valence-electron chi connectivity index (χ0n) is 11.3. The van der Waals surface area contributed by atoms with Crippen LogP contribution in [0.4, 0.5) is 20.6 Å². The molecule has 108 valence electrons. The number of hydrogen-bond donors (Lipinski definition) is 2. The molecule has 0 bridgehead atoms. The van der Waals surface area contributed by atoms with E-state index in [4.69, 9.17) is 18.0 Å². The Balaban J connectivity index is 2.18. The summed E-state index contributed by atoms with van der Waals surface area (Å²) in [7, 11) is 1.58. The van der Waals surface area contributed by atoms with Gasteiger partial charge < -0.3 is 11.1 Å². The predicted molar refractivity (Wildman–Crippen MR) is 86.2 cm³/mol. The Kier molecular flexibility index (Phi) is 4.49. The van der Waals surface area contributed by atoms with Crippen LogP contribution in [0.1, 0.15) is 5.56 Å². The highest BCUT2D eigenvalue weighted by Gasteiger charge is 2.13. The van der Waals surface area contributed by atoms with Gasteiger partial charge in [-0.2, -0.15) is 0 Å². The van der Waals surface area contributed by atoms with Crippen LogP contribution < -0.4 is 16.0 Å². The molecule has 0 atom stereocenters. The summed E-state index contributed by atoms with van der Waals surface area (Å²) >= 11 is 4.91. The van der Waals surface area contributed by atoms with E-state index in [0.29, 0.717) is 11.3 Å². The van der Waals surface area contributed by atoms with Gasteiger partial charge in [-0.1, -0.05) is 36.5 Å². The smallest absolute Gasteiger partial charge is 0.326 e. The van der Waals surface area contributed by atoms with Gasteiger partial charge in [-0.15, -0.1) is 0 Å². The molecule has 0 saturated carbocycles. The maximum Gasteiger partial charge on any atom is 0.326 e. The van der Waals surface area contributed by atoms with Crippen LogP contribution in [0.5, 0.6) is 0 Å². The van der Waals surface area contributed by atoms with Crippen molar-refractivity contribution in [3.8, 4) is 0 Å². The highest BCUT2D eigenvalue weighted by atomic mass is 32.1. The molecule has 0 spiro atoms. The van der Waals surface area contributed by atoms with E-state index in [-0.39, 0.29) is 10.7 Å². The Hall–Kier alpha value is -2.47. The molecule has 0 aliphatic rings. The molecule has 0 saturated heterocycles. The fourth-order valence-electron chi connectivity index (χ4n) is 1.75. The molecular weight excluding hydrogens is 289 g/mol. The summed E-state index contributed by atoms with van der Waals surface area (Å²) in [5.41, 5.74) is 6.96. The summed E-state index contributed by atoms with van der Waals surface area (Å²) in [6.45, 7) is 0. The number of amides is 2. The summed E-state index contributed by atoms with van der Waals surface area (Å²) in [6.07, 6.45) is 0. The monoisotopic (exact) mass is 303 g/mol. The predicted octanol–water partition coefficient (Wildman–Crippen LogP) is 3.13. The highest BCUT2D eigenvalue weighted by Crippen LogP contribution is 2.18. The minimum absolute atomic E-state index is 0.125. The van der Waals surface area contributed by atoms with Crippen molar-refractivity contribution in [2.24, 2.45) is 5.73 Å². The van der Waals surface area contributed by atoms with Crippen molar-refractivity contribution in [3.05, 3.63) is 59.9 Å². The maximum atomic E-state index is 13.5. The van der Waals surface area contributed by atoms with Crippen molar-refractivity contribution >= 4 is 34.6 Å². The van der Waals surface area contributed by atoms with E-state index in [1.807, 2.05) is 0 Å². The lowest BCUT2D eigenvalue weighted by atomic mass is 10.2. The molecule has 4 nitrogen and oxygen atoms in total. The summed E-state index contributed by atoms with van der Waals surface area (Å²) in [6, 6.07) is 12.5. The van der Waals surface area contributed by atoms with Crippen molar-refractivity contribution in [3.63, 3.8) is 0 Å². The minimum Gasteiger partial charge on any atom is -0.389 e. The van der Waals surface area contributed by atoms with Crippen LogP contribution in [0.2, 0.25) is 0 Å². The lowest BCUT2D eigenvalue weighted by Gasteiger charge is -2.19. The van der Waals surface area contributed by atoms with Crippen molar-refractivity contribution in [1.82, 2.24) is 0 Å². The molecule has 2 aromatic carbocycles. The molecule has 6 heteroatoms. The second-order valence-corrected chi connectivity index (χ2v) is 4.82. The normalized spacial score (nSPS) is 10.0. The van der Waals surface area contributed by atoms with Crippen molar-refractivity contribution in [2.45, 2.75) is 0 Å². The Labute approximate surface area is 127 Å². The minimum atomic E-state index is -0.490. The Morgan fingerprint density at radius 2 is 1.95 bits per heavy atom. The molecule has 0 heterocycles. The first kappa shape index (κ1) is 14.9. The second-order valence-electron chi connectivity index (χ2n) is 4.38. The SMILES string of the molecule is CN(C(=O)Nc1ccccc1F)c1cccc(C(N)=S)c1. The van der Waals surface area contributed by atoms with E-state index < -0.39 is 11.8 Å². The van der Waals surface area contributed by atoms with Crippen LogP contribution in [-0.2, 0) is 0 Å². The summed E-state index contributed by atoms with van der Waals surface area (Å²) < 4.78 is 13.5. The number of urea groups is 1. The number of nitrogens with two attached hydrogens (primary N) is 1. The Bertz CT molecular complexity index is 690. The molecule has 21 heavy (non-hydrogen) atoms. The zero-order valence-corrected chi connectivity index (χ0v) is 12.2. The third kappa shape index (κ3) is 3.55. The maximum absolute atomic E-state index is 13.5. The highest BCUT2D eigenvalue weighted by molar-refractivity contribution is 7.80. The Morgan fingerprint density at radius 1 is 1.24 bits per heavy atom. The topological polar surface area (TPSA) is 58.4 Å². The number of carbonyl (C=O) groups is 1. The van der Waals surface area contributed by atoms with Gasteiger partial charge in [-0.05, 0) is 24.3 Å². The third-order valence-corrected chi connectivity index (χ3v) is 3.17. The first-order valence-corrected chi connectivity index (χ1v) is 6.59. The van der Waals surface area contributed by atoms with Gasteiger partial charge in [0.1, 0.15) is 10.8 Å². The van der Waals surface area contributed by atoms with Crippen LogP contribution in [-0.4, -0.2) is 18.1 Å². The van der Waals surface area contributed by atoms with E-state index in [0.717, 1.165) is 0 Å². The van der Waals surface area contributed by atoms with Gasteiger partial charge in [0, 0.05) is 18.3 Å². The first-order valence-electron chi connectivity index (χ1n) is 6.18. The third-order valence-electron chi connectivity index (χ3n) is 2.94. The summed E-state index contributed by atoms with van der Waals surface area (Å²) in [4.78, 5) is 13.7. The average Bonchev–Trinajstić information content (AvgIpc) is 2.49. The standard InChI is InChI=1S/C15H14FN3OS/c1-19(11-6-4-5-10(9-11)14(17)21)15(20)18-13-8-3-2-7-12(13)16/h2-9H,1H3,(H2,17,21)(H,18,20). The molecule has 0 radical (unpaired) electrons. The van der Waals surface area contributed by atoms with Gasteiger partial charge in [-0.3, -0.25) is 4.90 Å². The van der Waals surface area contributed by atoms with Gasteiger partial charge in [0.25, 0.3) is 0 Å². The van der Waals surface area contributed by atoms with Gasteiger partial charge >= 0.3 is 6.03 Å². The number of hydrogen-bond acceptors (Lipinski definition) is 2. The molecule has 0 aliphatic carbocycles. The molecule has 3 N–H and O–H groups in total. The van der Waals surface area contributed by atoms with E-state index in [9.17, 15) is 9.18 Å². The number of rotatable bonds is 3. The van der Waals surface area contributed by atoms with E-state index >= 15 is 0 Å². The molecule has 2 rings (SSSR count). The molecule has 0 aliphatic heterocycles. The number of benzene rings is 2. The van der Waals surface area contributed by atoms with E-state index in [1.165, 1.54) is 17.0 Å². The first-order chi connectivity index (χ1) is 9.99. The van der Waals surface area contributed by atoms with Crippen LogP contribution in [0.15, 0.2) is 48.5 Å². The molecular formula is C15H14FN3OS. The quantitative estimate of drug-likeness (QED) is 0.857. The van der Waals surface area contributed by atoms with Crippen LogP contribution in [0.25, 0.3) is 0 Å². The van der Waals surface area contributed by atoms with E-state index in [1.54, 1.807) is 43.4 Å². The van der Waals surface area contributed by atoms with Crippen LogP contribution >= 0.6 is 12.2 Å². The Morgan fingerprint density at radius 3 is 2.62 bits per heavy atom. The van der Waals surface area contributed by atoms with Crippen molar-refractivity contribution in [1.29, 1.82) is 0 Å². The van der Waals surface area contributed by atoms with Gasteiger partial charge in [0.05, 0.1) is 5.69 Å². The lowest BCUT2D eigenvalue weighted by molar-refractivity contribution is 0.258. The van der Waals surface area contributed by atoms with Crippen molar-refractivity contribution < 1.29 is 9.18 Å². The zero-order chi connectivity index (χ0) is 15.4. The van der Waals surface area contributed by atoms with Gasteiger partial charge in [0.15, 0.2) is 0 Å². The van der Waals surface area contributed by atoms with Crippen molar-refractivity contribution in [2.75, 3.05) is 17.3 Å². The van der Waals surface area contributed by atoms with Gasteiger partial charge in [0.2, 0.25) is 0 Å². The average molecular weight is 303 g/mol. The lowest BCUT2D eigenvalue weighted by Crippen LogP contribution is -2.31. The summed E-state index contributed by atoms with van der Waals surface area (Å²) in [5, 5.41) is 2.51.